The molecular formula is C17H18ClN3O3. The van der Waals surface area contributed by atoms with Crippen LogP contribution >= 0.6 is 11.6 Å². The van der Waals surface area contributed by atoms with Crippen LogP contribution in [0.4, 0.5) is 0 Å². The van der Waals surface area contributed by atoms with E-state index >= 15 is 0 Å². The van der Waals surface area contributed by atoms with Crippen molar-refractivity contribution >= 4 is 35.1 Å². The molecule has 0 unspecified atom stereocenters. The van der Waals surface area contributed by atoms with Crippen LogP contribution in [0.5, 0.6) is 0 Å². The minimum Gasteiger partial charge on any atom is -0.465 e. The zero-order valence-corrected chi connectivity index (χ0v) is 14.4. The van der Waals surface area contributed by atoms with Crippen LogP contribution in [0.1, 0.15) is 26.3 Å². The Morgan fingerprint density at radius 2 is 1.96 bits per heavy atom. The first-order chi connectivity index (χ1) is 11.4. The maximum Gasteiger partial charge on any atom is 0.319 e. The van der Waals surface area contributed by atoms with Gasteiger partial charge in [0.25, 0.3) is 0 Å². The molecule has 0 radical (unpaired) electrons. The van der Waals surface area contributed by atoms with Crippen molar-refractivity contribution in [2.75, 3.05) is 6.61 Å². The SMILES string of the molecule is CCOC(=O)C(C)(C)C(=O)/C(=C/c1ccc(Cl)cc1)n1cncn1. The van der Waals surface area contributed by atoms with Crippen molar-refractivity contribution in [3.63, 3.8) is 0 Å². The minimum absolute atomic E-state index is 0.203. The lowest BCUT2D eigenvalue weighted by Gasteiger charge is -2.22. The molecule has 0 aliphatic rings. The van der Waals surface area contributed by atoms with Crippen LogP contribution in [0.25, 0.3) is 11.8 Å². The molecular weight excluding hydrogens is 330 g/mol. The molecule has 0 saturated heterocycles. The van der Waals surface area contributed by atoms with Crippen molar-refractivity contribution < 1.29 is 14.3 Å². The first kappa shape index (κ1) is 17.9. The summed E-state index contributed by atoms with van der Waals surface area (Å²) in [5.41, 5.74) is -0.383. The van der Waals surface area contributed by atoms with E-state index < -0.39 is 17.2 Å². The standard InChI is InChI=1S/C17H18ClN3O3/c1-4-24-16(23)17(2,3)15(22)14(21-11-19-10-20-21)9-12-5-7-13(18)8-6-12/h5-11H,4H2,1-3H3/b14-9-. The zero-order chi connectivity index (χ0) is 17.7. The lowest BCUT2D eigenvalue weighted by molar-refractivity contribution is -0.156. The summed E-state index contributed by atoms with van der Waals surface area (Å²) in [6, 6.07) is 6.97. The highest BCUT2D eigenvalue weighted by Crippen LogP contribution is 2.27. The van der Waals surface area contributed by atoms with Gasteiger partial charge in [-0.2, -0.15) is 5.10 Å². The third-order valence-electron chi connectivity index (χ3n) is 3.42. The molecule has 0 spiro atoms. The minimum atomic E-state index is -1.35. The van der Waals surface area contributed by atoms with Crippen molar-refractivity contribution in [2.24, 2.45) is 5.41 Å². The number of allylic oxidation sites excluding steroid dienone is 1. The molecule has 1 aromatic carbocycles. The average molecular weight is 348 g/mol. The van der Waals surface area contributed by atoms with Gasteiger partial charge in [-0.25, -0.2) is 9.67 Å². The zero-order valence-electron chi connectivity index (χ0n) is 13.7. The number of ketones is 1. The lowest BCUT2D eigenvalue weighted by Crippen LogP contribution is -2.36. The van der Waals surface area contributed by atoms with Crippen LogP contribution in [-0.2, 0) is 14.3 Å². The van der Waals surface area contributed by atoms with Gasteiger partial charge in [-0.05, 0) is 44.5 Å². The van der Waals surface area contributed by atoms with Crippen molar-refractivity contribution in [3.8, 4) is 0 Å². The Bertz CT molecular complexity index is 750. The second kappa shape index (κ2) is 7.40. The van der Waals surface area contributed by atoms with Gasteiger partial charge in [0.15, 0.2) is 5.78 Å². The normalized spacial score (nSPS) is 12.1. The molecule has 24 heavy (non-hydrogen) atoms. The molecule has 0 atom stereocenters. The summed E-state index contributed by atoms with van der Waals surface area (Å²) < 4.78 is 6.34. The number of nitrogens with zero attached hydrogens (tertiary/aromatic N) is 3. The van der Waals surface area contributed by atoms with E-state index in [9.17, 15) is 9.59 Å². The molecule has 6 nitrogen and oxygen atoms in total. The predicted octanol–water partition coefficient (Wildman–Crippen LogP) is 3.09. The van der Waals surface area contributed by atoms with Crippen LogP contribution in [0.2, 0.25) is 5.02 Å². The molecule has 0 bridgehead atoms. The topological polar surface area (TPSA) is 74.1 Å². The Hall–Kier alpha value is -2.47. The Kier molecular flexibility index (Phi) is 5.51. The van der Waals surface area contributed by atoms with Gasteiger partial charge < -0.3 is 4.74 Å². The number of benzene rings is 1. The van der Waals surface area contributed by atoms with Gasteiger partial charge in [-0.1, -0.05) is 23.7 Å². The Morgan fingerprint density at radius 3 is 2.50 bits per heavy atom. The number of halogens is 1. The summed E-state index contributed by atoms with van der Waals surface area (Å²) in [5.74, 6) is -1.00. The van der Waals surface area contributed by atoms with E-state index in [4.69, 9.17) is 16.3 Å². The largest absolute Gasteiger partial charge is 0.465 e. The lowest BCUT2D eigenvalue weighted by atomic mass is 9.86. The summed E-state index contributed by atoms with van der Waals surface area (Å²) in [4.78, 5) is 29.0. The quantitative estimate of drug-likeness (QED) is 0.456. The Morgan fingerprint density at radius 1 is 1.29 bits per heavy atom. The number of Topliss-reactive ketones (excluding diaryl/α,β-unsaturated/α-hetero) is 1. The smallest absolute Gasteiger partial charge is 0.319 e. The van der Waals surface area contributed by atoms with E-state index in [0.717, 1.165) is 5.56 Å². The third-order valence-corrected chi connectivity index (χ3v) is 3.68. The predicted molar refractivity (Wildman–Crippen MR) is 91.1 cm³/mol. The van der Waals surface area contributed by atoms with E-state index in [-0.39, 0.29) is 12.3 Å². The number of ether oxygens (including phenoxy) is 1. The number of hydrogen-bond acceptors (Lipinski definition) is 5. The van der Waals surface area contributed by atoms with Gasteiger partial charge in [-0.3, -0.25) is 9.59 Å². The number of carbonyl (C=O) groups excluding carboxylic acids is 2. The molecule has 0 aliphatic heterocycles. The highest BCUT2D eigenvalue weighted by Gasteiger charge is 2.40. The first-order valence-electron chi connectivity index (χ1n) is 7.40. The van der Waals surface area contributed by atoms with E-state index in [1.807, 2.05) is 0 Å². The van der Waals surface area contributed by atoms with Gasteiger partial charge in [0, 0.05) is 5.02 Å². The Labute approximate surface area is 145 Å². The summed E-state index contributed by atoms with van der Waals surface area (Å²) in [5, 5.41) is 4.60. The molecule has 0 N–H and O–H groups in total. The summed E-state index contributed by atoms with van der Waals surface area (Å²) in [6.45, 7) is 4.95. The van der Waals surface area contributed by atoms with Gasteiger partial charge in [0.1, 0.15) is 23.8 Å². The number of hydrogen-bond donors (Lipinski definition) is 0. The highest BCUT2D eigenvalue weighted by molar-refractivity contribution is 6.30. The van der Waals surface area contributed by atoms with Crippen LogP contribution < -0.4 is 0 Å². The summed E-state index contributed by atoms with van der Waals surface area (Å²) in [7, 11) is 0. The van der Waals surface area contributed by atoms with Crippen LogP contribution in [0.3, 0.4) is 0 Å². The molecule has 1 heterocycles. The van der Waals surface area contributed by atoms with Crippen LogP contribution in [-0.4, -0.2) is 33.1 Å². The monoisotopic (exact) mass is 347 g/mol. The second-order valence-electron chi connectivity index (χ2n) is 5.60. The maximum atomic E-state index is 13.0. The second-order valence-corrected chi connectivity index (χ2v) is 6.03. The maximum absolute atomic E-state index is 13.0. The average Bonchev–Trinajstić information content (AvgIpc) is 3.08. The molecule has 126 valence electrons. The molecule has 7 heteroatoms. The van der Waals surface area contributed by atoms with E-state index in [1.54, 1.807) is 37.3 Å². The third kappa shape index (κ3) is 3.89. The fourth-order valence-corrected chi connectivity index (χ4v) is 2.14. The summed E-state index contributed by atoms with van der Waals surface area (Å²) in [6.07, 6.45) is 4.36. The number of carbonyl (C=O) groups is 2. The summed E-state index contributed by atoms with van der Waals surface area (Å²) >= 11 is 5.88. The van der Waals surface area contributed by atoms with E-state index in [2.05, 4.69) is 10.1 Å². The van der Waals surface area contributed by atoms with Crippen LogP contribution in [0, 0.1) is 5.41 Å². The molecule has 1 aromatic heterocycles. The fraction of sp³-hybridized carbons (Fsp3) is 0.294. The first-order valence-corrected chi connectivity index (χ1v) is 7.78. The number of rotatable bonds is 6. The van der Waals surface area contributed by atoms with Gasteiger partial charge in [0.05, 0.1) is 6.61 Å². The molecule has 2 aromatic rings. The van der Waals surface area contributed by atoms with Crippen molar-refractivity contribution in [3.05, 3.63) is 47.5 Å². The fourth-order valence-electron chi connectivity index (χ4n) is 2.01. The van der Waals surface area contributed by atoms with Gasteiger partial charge in [-0.15, -0.1) is 0 Å². The van der Waals surface area contributed by atoms with Gasteiger partial charge >= 0.3 is 5.97 Å². The molecule has 0 saturated carbocycles. The van der Waals surface area contributed by atoms with Gasteiger partial charge in [0.2, 0.25) is 0 Å². The Balaban J connectivity index is 2.46. The molecule has 0 aliphatic carbocycles. The van der Waals surface area contributed by atoms with Crippen molar-refractivity contribution in [1.82, 2.24) is 14.8 Å². The van der Waals surface area contributed by atoms with Crippen molar-refractivity contribution in [1.29, 1.82) is 0 Å². The molecule has 0 fully saturated rings. The molecule has 2 rings (SSSR count). The highest BCUT2D eigenvalue weighted by atomic mass is 35.5. The van der Waals surface area contributed by atoms with Crippen LogP contribution in [0.15, 0.2) is 36.9 Å². The van der Waals surface area contributed by atoms with E-state index in [1.165, 1.54) is 31.2 Å². The molecule has 0 amide bonds. The number of aromatic nitrogens is 3. The van der Waals surface area contributed by atoms with Crippen molar-refractivity contribution in [2.45, 2.75) is 20.8 Å². The number of esters is 1. The van der Waals surface area contributed by atoms with E-state index in [0.29, 0.717) is 5.02 Å².